The zero-order valence-corrected chi connectivity index (χ0v) is 12.3. The van der Waals surface area contributed by atoms with E-state index in [9.17, 15) is 4.79 Å². The quantitative estimate of drug-likeness (QED) is 0.921. The average Bonchev–Trinajstić information content (AvgIpc) is 2.76. The minimum Gasteiger partial charge on any atom is -0.302 e. The molecule has 0 aliphatic heterocycles. The van der Waals surface area contributed by atoms with E-state index in [1.165, 1.54) is 29.4 Å². The monoisotopic (exact) mass is 274 g/mol. The zero-order chi connectivity index (χ0) is 13.8. The van der Waals surface area contributed by atoms with Crippen LogP contribution in [-0.2, 0) is 11.2 Å². The maximum Gasteiger partial charge on any atom is 0.223 e. The highest BCUT2D eigenvalue weighted by molar-refractivity contribution is 7.15. The molecule has 4 heteroatoms. The van der Waals surface area contributed by atoms with Crippen LogP contribution in [0.25, 0.3) is 0 Å². The number of aromatic nitrogens is 1. The zero-order valence-electron chi connectivity index (χ0n) is 11.4. The number of benzene rings is 1. The predicted octanol–water partition coefficient (Wildman–Crippen LogP) is 3.82. The van der Waals surface area contributed by atoms with Crippen molar-refractivity contribution in [1.82, 2.24) is 4.98 Å². The normalized spacial score (nSPS) is 10.7. The molecule has 1 heterocycles. The Morgan fingerprint density at radius 1 is 1.32 bits per heavy atom. The van der Waals surface area contributed by atoms with Gasteiger partial charge in [0.1, 0.15) is 0 Å². The lowest BCUT2D eigenvalue weighted by Gasteiger charge is -2.05. The third-order valence-electron chi connectivity index (χ3n) is 2.86. The summed E-state index contributed by atoms with van der Waals surface area (Å²) >= 11 is 1.52. The minimum absolute atomic E-state index is 0.0813. The van der Waals surface area contributed by atoms with E-state index in [2.05, 4.69) is 48.4 Å². The van der Waals surface area contributed by atoms with E-state index in [0.717, 1.165) is 11.3 Å². The van der Waals surface area contributed by atoms with Crippen LogP contribution in [-0.4, -0.2) is 10.9 Å². The van der Waals surface area contributed by atoms with Crippen LogP contribution in [0.5, 0.6) is 0 Å². The first kappa shape index (κ1) is 13.7. The summed E-state index contributed by atoms with van der Waals surface area (Å²) < 4.78 is 0. The van der Waals surface area contributed by atoms with Crippen molar-refractivity contribution in [2.24, 2.45) is 0 Å². The van der Waals surface area contributed by atoms with Crippen molar-refractivity contribution in [2.45, 2.75) is 33.1 Å². The smallest absolute Gasteiger partial charge is 0.223 e. The maximum atomic E-state index is 10.9. The van der Waals surface area contributed by atoms with Crippen molar-refractivity contribution < 1.29 is 4.79 Å². The van der Waals surface area contributed by atoms with Crippen LogP contribution in [0.3, 0.4) is 0 Å². The summed E-state index contributed by atoms with van der Waals surface area (Å²) in [7, 11) is 0. The highest BCUT2D eigenvalue weighted by Crippen LogP contribution is 2.22. The number of hydrogen-bond donors (Lipinski definition) is 1. The van der Waals surface area contributed by atoms with Crippen LogP contribution >= 0.6 is 11.3 Å². The Kier molecular flexibility index (Phi) is 4.32. The molecule has 0 spiro atoms. The van der Waals surface area contributed by atoms with Crippen LogP contribution < -0.4 is 5.32 Å². The molecule has 0 atom stereocenters. The molecule has 0 fully saturated rings. The second-order valence-corrected chi connectivity index (χ2v) is 6.00. The highest BCUT2D eigenvalue weighted by Gasteiger charge is 2.05. The Bertz CT molecular complexity index is 558. The fourth-order valence-corrected chi connectivity index (χ4v) is 2.71. The number of nitrogens with zero attached hydrogens (tertiary/aromatic N) is 1. The van der Waals surface area contributed by atoms with Crippen molar-refractivity contribution in [3.63, 3.8) is 0 Å². The molecule has 3 nitrogen and oxygen atoms in total. The van der Waals surface area contributed by atoms with Gasteiger partial charge in [-0.3, -0.25) is 4.79 Å². The van der Waals surface area contributed by atoms with Gasteiger partial charge in [0.05, 0.1) is 0 Å². The van der Waals surface area contributed by atoms with Crippen molar-refractivity contribution in [1.29, 1.82) is 0 Å². The lowest BCUT2D eigenvalue weighted by molar-refractivity contribution is -0.114. The molecule has 2 rings (SSSR count). The highest BCUT2D eigenvalue weighted by atomic mass is 32.1. The summed E-state index contributed by atoms with van der Waals surface area (Å²) in [6.45, 7) is 5.88. The number of nitrogens with one attached hydrogen (secondary N) is 1. The lowest BCUT2D eigenvalue weighted by atomic mass is 10.0. The standard InChI is InChI=1S/C15H18N2OS/c1-10(2)13-6-4-12(5-7-13)8-14-9-16-15(19-14)17-11(3)18/h4-7,9-10H,8H2,1-3H3,(H,16,17,18). The fraction of sp³-hybridized carbons (Fsp3) is 0.333. The molecular formula is C15H18N2OS. The molecule has 1 aromatic heterocycles. The van der Waals surface area contributed by atoms with E-state index >= 15 is 0 Å². The van der Waals surface area contributed by atoms with Crippen molar-refractivity contribution in [3.05, 3.63) is 46.5 Å². The third kappa shape index (κ3) is 3.89. The molecule has 0 bridgehead atoms. The summed E-state index contributed by atoms with van der Waals surface area (Å²) in [5.41, 5.74) is 2.62. The molecule has 0 saturated heterocycles. The van der Waals surface area contributed by atoms with Gasteiger partial charge in [0.15, 0.2) is 5.13 Å². The second kappa shape index (κ2) is 5.97. The van der Waals surface area contributed by atoms with E-state index in [0.29, 0.717) is 11.0 Å². The van der Waals surface area contributed by atoms with Gasteiger partial charge in [-0.2, -0.15) is 0 Å². The number of rotatable bonds is 4. The molecule has 0 saturated carbocycles. The molecule has 19 heavy (non-hydrogen) atoms. The number of amides is 1. The van der Waals surface area contributed by atoms with Gasteiger partial charge < -0.3 is 5.32 Å². The van der Waals surface area contributed by atoms with Crippen molar-refractivity contribution in [2.75, 3.05) is 5.32 Å². The van der Waals surface area contributed by atoms with Gasteiger partial charge in [0, 0.05) is 24.4 Å². The fourth-order valence-electron chi connectivity index (χ4n) is 1.82. The summed E-state index contributed by atoms with van der Waals surface area (Å²) in [5, 5.41) is 3.37. The minimum atomic E-state index is -0.0813. The number of thiazole rings is 1. The summed E-state index contributed by atoms with van der Waals surface area (Å²) in [4.78, 5) is 16.3. The van der Waals surface area contributed by atoms with Gasteiger partial charge in [-0.1, -0.05) is 38.1 Å². The molecule has 0 aliphatic rings. The molecule has 0 aliphatic carbocycles. The summed E-state index contributed by atoms with van der Waals surface area (Å²) in [6, 6.07) is 8.67. The Hall–Kier alpha value is -1.68. The molecule has 0 unspecified atom stereocenters. The van der Waals surface area contributed by atoms with Crippen molar-refractivity contribution >= 4 is 22.4 Å². The Morgan fingerprint density at radius 3 is 2.58 bits per heavy atom. The Morgan fingerprint density at radius 2 is 2.00 bits per heavy atom. The summed E-state index contributed by atoms with van der Waals surface area (Å²) in [5.74, 6) is 0.478. The van der Waals surface area contributed by atoms with Gasteiger partial charge in [0.25, 0.3) is 0 Å². The SMILES string of the molecule is CC(=O)Nc1ncc(Cc2ccc(C(C)C)cc2)s1. The average molecular weight is 274 g/mol. The van der Waals surface area contributed by atoms with E-state index < -0.39 is 0 Å². The molecule has 1 aromatic carbocycles. The van der Waals surface area contributed by atoms with Crippen molar-refractivity contribution in [3.8, 4) is 0 Å². The van der Waals surface area contributed by atoms with Crippen LogP contribution in [0.2, 0.25) is 0 Å². The molecule has 0 radical (unpaired) electrons. The molecule has 1 amide bonds. The van der Waals surface area contributed by atoms with Crippen LogP contribution in [0, 0.1) is 0 Å². The largest absolute Gasteiger partial charge is 0.302 e. The second-order valence-electron chi connectivity index (χ2n) is 4.89. The van der Waals surface area contributed by atoms with E-state index in [1.807, 2.05) is 6.20 Å². The number of carbonyl (C=O) groups excluding carboxylic acids is 1. The van der Waals surface area contributed by atoms with E-state index in [-0.39, 0.29) is 5.91 Å². The van der Waals surface area contributed by atoms with Crippen LogP contribution in [0.4, 0.5) is 5.13 Å². The topological polar surface area (TPSA) is 42.0 Å². The van der Waals surface area contributed by atoms with Gasteiger partial charge in [-0.15, -0.1) is 11.3 Å². The summed E-state index contributed by atoms with van der Waals surface area (Å²) in [6.07, 6.45) is 2.68. The number of carbonyl (C=O) groups is 1. The molecule has 100 valence electrons. The van der Waals surface area contributed by atoms with Gasteiger partial charge in [-0.05, 0) is 17.0 Å². The van der Waals surface area contributed by atoms with E-state index in [1.54, 1.807) is 0 Å². The van der Waals surface area contributed by atoms with Crippen LogP contribution in [0.1, 0.15) is 42.7 Å². The first-order chi connectivity index (χ1) is 9.04. The Labute approximate surface area is 117 Å². The molecule has 2 aromatic rings. The lowest BCUT2D eigenvalue weighted by Crippen LogP contribution is -2.04. The van der Waals surface area contributed by atoms with Gasteiger partial charge in [0.2, 0.25) is 5.91 Å². The first-order valence-corrected chi connectivity index (χ1v) is 7.17. The van der Waals surface area contributed by atoms with Gasteiger partial charge in [-0.25, -0.2) is 4.98 Å². The maximum absolute atomic E-state index is 10.9. The Balaban J connectivity index is 2.04. The number of hydrogen-bond acceptors (Lipinski definition) is 3. The third-order valence-corrected chi connectivity index (χ3v) is 3.77. The number of anilines is 1. The van der Waals surface area contributed by atoms with Crippen LogP contribution in [0.15, 0.2) is 30.5 Å². The first-order valence-electron chi connectivity index (χ1n) is 6.35. The van der Waals surface area contributed by atoms with E-state index in [4.69, 9.17) is 0 Å². The predicted molar refractivity (Wildman–Crippen MR) is 79.8 cm³/mol. The molecule has 1 N–H and O–H groups in total. The van der Waals surface area contributed by atoms with Gasteiger partial charge >= 0.3 is 0 Å². The molecular weight excluding hydrogens is 256 g/mol.